The molecule has 0 bridgehead atoms. The van der Waals surface area contributed by atoms with Crippen molar-refractivity contribution in [2.45, 2.75) is 39.7 Å². The molecule has 5 heteroatoms. The molecule has 24 heavy (non-hydrogen) atoms. The fraction of sp³-hybridized carbons (Fsp3) is 0.368. The Labute approximate surface area is 146 Å². The molecule has 2 N–H and O–H groups in total. The molecule has 0 saturated carbocycles. The number of anilines is 1. The van der Waals surface area contributed by atoms with Gasteiger partial charge in [-0.05, 0) is 31.4 Å². The van der Waals surface area contributed by atoms with Crippen LogP contribution in [0, 0.1) is 13.8 Å². The topological polar surface area (TPSA) is 58.0 Å². The number of fused-ring (bicyclic) bond motifs is 1. The third-order valence-electron chi connectivity index (χ3n) is 4.33. The average molecular weight is 341 g/mol. The Morgan fingerprint density at radius 2 is 1.92 bits per heavy atom. The van der Waals surface area contributed by atoms with E-state index in [2.05, 4.69) is 38.2 Å². The van der Waals surface area contributed by atoms with Gasteiger partial charge in [0, 0.05) is 11.3 Å². The summed E-state index contributed by atoms with van der Waals surface area (Å²) in [6, 6.07) is 10.3. The highest BCUT2D eigenvalue weighted by molar-refractivity contribution is 7.18. The first-order valence-corrected chi connectivity index (χ1v) is 9.12. The minimum Gasteiger partial charge on any atom is -0.394 e. The predicted molar refractivity (Wildman–Crippen MR) is 101 cm³/mol. The first-order valence-electron chi connectivity index (χ1n) is 8.30. The van der Waals surface area contributed by atoms with E-state index in [1.54, 1.807) is 11.3 Å². The second-order valence-corrected chi connectivity index (χ2v) is 7.25. The number of aromatic nitrogens is 2. The Kier molecular flexibility index (Phi) is 5.11. The maximum absolute atomic E-state index is 9.54. The van der Waals surface area contributed by atoms with Crippen LogP contribution in [0.3, 0.4) is 0 Å². The third kappa shape index (κ3) is 3.42. The van der Waals surface area contributed by atoms with Gasteiger partial charge in [0.1, 0.15) is 16.5 Å². The number of hydrogen-bond donors (Lipinski definition) is 2. The van der Waals surface area contributed by atoms with Gasteiger partial charge >= 0.3 is 0 Å². The Balaban J connectivity index is 2.05. The van der Waals surface area contributed by atoms with Crippen molar-refractivity contribution in [1.29, 1.82) is 0 Å². The monoisotopic (exact) mass is 341 g/mol. The van der Waals surface area contributed by atoms with E-state index < -0.39 is 0 Å². The number of thiophene rings is 1. The summed E-state index contributed by atoms with van der Waals surface area (Å²) in [7, 11) is 0. The second-order valence-electron chi connectivity index (χ2n) is 6.05. The normalized spacial score (nSPS) is 12.5. The summed E-state index contributed by atoms with van der Waals surface area (Å²) in [6.07, 6.45) is 1.55. The van der Waals surface area contributed by atoms with Gasteiger partial charge in [-0.15, -0.1) is 11.3 Å². The summed E-state index contributed by atoms with van der Waals surface area (Å²) in [6.45, 7) is 6.38. The molecule has 0 aliphatic carbocycles. The van der Waals surface area contributed by atoms with Crippen molar-refractivity contribution in [2.24, 2.45) is 0 Å². The molecule has 4 nitrogen and oxygen atoms in total. The highest BCUT2D eigenvalue weighted by atomic mass is 32.1. The van der Waals surface area contributed by atoms with Crippen LogP contribution in [0.5, 0.6) is 0 Å². The van der Waals surface area contributed by atoms with Crippen molar-refractivity contribution in [2.75, 3.05) is 11.9 Å². The number of benzene rings is 1. The molecule has 0 aliphatic heterocycles. The van der Waals surface area contributed by atoms with Gasteiger partial charge in [-0.1, -0.05) is 37.3 Å². The third-order valence-corrected chi connectivity index (χ3v) is 5.44. The van der Waals surface area contributed by atoms with Crippen LogP contribution in [-0.2, 0) is 6.42 Å². The smallest absolute Gasteiger partial charge is 0.139 e. The number of rotatable bonds is 6. The van der Waals surface area contributed by atoms with Crippen molar-refractivity contribution in [3.05, 3.63) is 52.2 Å². The molecule has 2 heterocycles. The van der Waals surface area contributed by atoms with E-state index in [1.807, 2.05) is 18.2 Å². The molecule has 126 valence electrons. The van der Waals surface area contributed by atoms with Gasteiger partial charge in [0.2, 0.25) is 0 Å². The van der Waals surface area contributed by atoms with Crippen LogP contribution < -0.4 is 5.32 Å². The largest absolute Gasteiger partial charge is 0.394 e. The van der Waals surface area contributed by atoms with Gasteiger partial charge in [0.25, 0.3) is 0 Å². The second kappa shape index (κ2) is 7.28. The summed E-state index contributed by atoms with van der Waals surface area (Å²) in [4.78, 5) is 11.8. The molecule has 0 saturated heterocycles. The van der Waals surface area contributed by atoms with Gasteiger partial charge in [-0.3, -0.25) is 0 Å². The standard InChI is InChI=1S/C19H23N3OS/c1-4-15(11-23)20-18-17-12(2)13(3)24-19(17)22-16(21-18)10-14-8-6-5-7-9-14/h5-9,15,23H,4,10-11H2,1-3H3,(H,20,21,22). The lowest BCUT2D eigenvalue weighted by atomic mass is 10.1. The summed E-state index contributed by atoms with van der Waals surface area (Å²) in [5, 5.41) is 14.0. The number of aliphatic hydroxyl groups excluding tert-OH is 1. The number of aliphatic hydroxyl groups is 1. The minimum absolute atomic E-state index is 0.00674. The quantitative estimate of drug-likeness (QED) is 0.709. The average Bonchev–Trinajstić information content (AvgIpc) is 2.88. The lowest BCUT2D eigenvalue weighted by Crippen LogP contribution is -2.23. The van der Waals surface area contributed by atoms with E-state index in [0.29, 0.717) is 6.42 Å². The summed E-state index contributed by atoms with van der Waals surface area (Å²) >= 11 is 1.71. The molecule has 0 spiro atoms. The number of nitrogens with zero attached hydrogens (tertiary/aromatic N) is 2. The Bertz CT molecular complexity index is 825. The molecular formula is C19H23N3OS. The SMILES string of the molecule is CCC(CO)Nc1nc(Cc2ccccc2)nc2sc(C)c(C)c12. The van der Waals surface area contributed by atoms with Gasteiger partial charge in [0.15, 0.2) is 0 Å². The lowest BCUT2D eigenvalue weighted by molar-refractivity contribution is 0.271. The van der Waals surface area contributed by atoms with Crippen LogP contribution in [0.25, 0.3) is 10.2 Å². The minimum atomic E-state index is 0.00674. The molecule has 0 amide bonds. The maximum Gasteiger partial charge on any atom is 0.139 e. The van der Waals surface area contributed by atoms with Crippen molar-refractivity contribution >= 4 is 27.4 Å². The molecule has 1 atom stereocenters. The van der Waals surface area contributed by atoms with Crippen molar-refractivity contribution in [1.82, 2.24) is 9.97 Å². The van der Waals surface area contributed by atoms with Crippen molar-refractivity contribution in [3.63, 3.8) is 0 Å². The zero-order valence-corrected chi connectivity index (χ0v) is 15.2. The maximum atomic E-state index is 9.54. The zero-order chi connectivity index (χ0) is 17.1. The van der Waals surface area contributed by atoms with Crippen molar-refractivity contribution in [3.8, 4) is 0 Å². The molecule has 1 unspecified atom stereocenters. The van der Waals surface area contributed by atoms with Crippen LogP contribution in [0.15, 0.2) is 30.3 Å². The van der Waals surface area contributed by atoms with Crippen LogP contribution in [0.4, 0.5) is 5.82 Å². The molecular weight excluding hydrogens is 318 g/mol. The number of hydrogen-bond acceptors (Lipinski definition) is 5. The van der Waals surface area contributed by atoms with E-state index in [1.165, 1.54) is 16.0 Å². The lowest BCUT2D eigenvalue weighted by Gasteiger charge is -2.16. The predicted octanol–water partition coefficient (Wildman–Crippen LogP) is 4.08. The summed E-state index contributed by atoms with van der Waals surface area (Å²) < 4.78 is 0. The van der Waals surface area contributed by atoms with Crippen LogP contribution >= 0.6 is 11.3 Å². The summed E-state index contributed by atoms with van der Waals surface area (Å²) in [5.74, 6) is 1.65. The molecule has 1 aromatic carbocycles. The van der Waals surface area contributed by atoms with Crippen LogP contribution in [0.2, 0.25) is 0 Å². The van der Waals surface area contributed by atoms with Gasteiger partial charge in [-0.2, -0.15) is 0 Å². The molecule has 0 radical (unpaired) electrons. The fourth-order valence-electron chi connectivity index (χ4n) is 2.73. The van der Waals surface area contributed by atoms with Crippen LogP contribution in [0.1, 0.15) is 35.2 Å². The molecule has 3 rings (SSSR count). The first-order chi connectivity index (χ1) is 11.6. The first kappa shape index (κ1) is 16.9. The van der Waals surface area contributed by atoms with Gasteiger partial charge in [0.05, 0.1) is 18.0 Å². The van der Waals surface area contributed by atoms with E-state index in [0.717, 1.165) is 28.3 Å². The fourth-order valence-corrected chi connectivity index (χ4v) is 3.77. The highest BCUT2D eigenvalue weighted by Gasteiger charge is 2.17. The van der Waals surface area contributed by atoms with E-state index >= 15 is 0 Å². The Morgan fingerprint density at radius 1 is 1.17 bits per heavy atom. The number of aryl methyl sites for hydroxylation is 2. The zero-order valence-electron chi connectivity index (χ0n) is 14.3. The van der Waals surface area contributed by atoms with Crippen LogP contribution in [-0.4, -0.2) is 27.7 Å². The van der Waals surface area contributed by atoms with E-state index in [-0.39, 0.29) is 12.6 Å². The Morgan fingerprint density at radius 3 is 2.58 bits per heavy atom. The summed E-state index contributed by atoms with van der Waals surface area (Å²) in [5.41, 5.74) is 2.42. The number of nitrogens with one attached hydrogen (secondary N) is 1. The Hall–Kier alpha value is -1.98. The molecule has 0 aliphatic rings. The van der Waals surface area contributed by atoms with E-state index in [9.17, 15) is 5.11 Å². The van der Waals surface area contributed by atoms with E-state index in [4.69, 9.17) is 9.97 Å². The van der Waals surface area contributed by atoms with Crippen molar-refractivity contribution < 1.29 is 5.11 Å². The highest BCUT2D eigenvalue weighted by Crippen LogP contribution is 2.34. The molecule has 3 aromatic rings. The van der Waals surface area contributed by atoms with Gasteiger partial charge in [-0.25, -0.2) is 9.97 Å². The molecule has 0 fully saturated rings. The van der Waals surface area contributed by atoms with Gasteiger partial charge < -0.3 is 10.4 Å². The molecule has 2 aromatic heterocycles.